The molecule has 0 aliphatic carbocycles. The van der Waals surface area contributed by atoms with E-state index in [0.717, 1.165) is 31.8 Å². The topological polar surface area (TPSA) is 25.4 Å². The summed E-state index contributed by atoms with van der Waals surface area (Å²) in [7, 11) is 2.12. The van der Waals surface area contributed by atoms with Gasteiger partial charge in [0.25, 0.3) is 0 Å². The zero-order chi connectivity index (χ0) is 10.7. The van der Waals surface area contributed by atoms with E-state index in [4.69, 9.17) is 4.74 Å². The molecule has 1 saturated heterocycles. The molecule has 2 rings (SSSR count). The summed E-state index contributed by atoms with van der Waals surface area (Å²) < 4.78 is 5.79. The molecule has 1 fully saturated rings. The predicted octanol–water partition coefficient (Wildman–Crippen LogP) is 1.73. The van der Waals surface area contributed by atoms with E-state index < -0.39 is 0 Å². The first-order valence-electron chi connectivity index (χ1n) is 5.58. The summed E-state index contributed by atoms with van der Waals surface area (Å²) in [5.74, 6) is 0.757. The zero-order valence-corrected chi connectivity index (χ0v) is 9.44. The van der Waals surface area contributed by atoms with Crippen LogP contribution in [0.25, 0.3) is 0 Å². The van der Waals surface area contributed by atoms with Crippen LogP contribution in [0.15, 0.2) is 18.3 Å². The minimum absolute atomic E-state index is 0.315. The normalized spacial score (nSPS) is 21.9. The van der Waals surface area contributed by atoms with Crippen LogP contribution in [0, 0.1) is 0 Å². The maximum atomic E-state index is 5.79. The molecule has 2 heterocycles. The highest BCUT2D eigenvalue weighted by molar-refractivity contribution is 5.17. The largest absolute Gasteiger partial charge is 0.473 e. The number of likely N-dealkylation sites (N-methyl/N-ethyl adjacent to an activating group) is 1. The number of hydrogen-bond acceptors (Lipinski definition) is 3. The number of aryl methyl sites for hydroxylation is 1. The Bertz CT molecular complexity index is 310. The Balaban J connectivity index is 1.93. The van der Waals surface area contributed by atoms with E-state index in [1.165, 1.54) is 5.56 Å². The molecule has 3 heteroatoms. The second-order valence-corrected chi connectivity index (χ2v) is 4.15. The Labute approximate surface area is 91.1 Å². The summed E-state index contributed by atoms with van der Waals surface area (Å²) in [5, 5.41) is 0. The third-order valence-electron chi connectivity index (χ3n) is 2.84. The zero-order valence-electron chi connectivity index (χ0n) is 9.44. The predicted molar refractivity (Wildman–Crippen MR) is 60.1 cm³/mol. The number of likely N-dealkylation sites (tertiary alicyclic amines) is 1. The Morgan fingerprint density at radius 2 is 2.40 bits per heavy atom. The third-order valence-corrected chi connectivity index (χ3v) is 2.84. The van der Waals surface area contributed by atoms with Crippen LogP contribution < -0.4 is 4.74 Å². The fourth-order valence-electron chi connectivity index (χ4n) is 1.85. The maximum Gasteiger partial charge on any atom is 0.213 e. The number of rotatable bonds is 3. The van der Waals surface area contributed by atoms with Crippen molar-refractivity contribution in [3.8, 4) is 5.88 Å². The quantitative estimate of drug-likeness (QED) is 0.753. The van der Waals surface area contributed by atoms with Crippen LogP contribution >= 0.6 is 0 Å². The Kier molecular flexibility index (Phi) is 3.21. The lowest BCUT2D eigenvalue weighted by molar-refractivity contribution is 0.200. The summed E-state index contributed by atoms with van der Waals surface area (Å²) >= 11 is 0. The number of nitrogens with zero attached hydrogens (tertiary/aromatic N) is 2. The molecule has 0 radical (unpaired) electrons. The van der Waals surface area contributed by atoms with Crippen LogP contribution in [0.2, 0.25) is 0 Å². The summed E-state index contributed by atoms with van der Waals surface area (Å²) in [4.78, 5) is 6.58. The van der Waals surface area contributed by atoms with Gasteiger partial charge >= 0.3 is 0 Å². The van der Waals surface area contributed by atoms with Gasteiger partial charge in [-0.25, -0.2) is 4.98 Å². The molecule has 3 nitrogen and oxygen atoms in total. The van der Waals surface area contributed by atoms with Crippen molar-refractivity contribution >= 4 is 0 Å². The van der Waals surface area contributed by atoms with Crippen LogP contribution in [0.5, 0.6) is 5.88 Å². The van der Waals surface area contributed by atoms with Crippen molar-refractivity contribution in [3.63, 3.8) is 0 Å². The van der Waals surface area contributed by atoms with Crippen LogP contribution in [-0.4, -0.2) is 36.1 Å². The molecular formula is C12H18N2O. The van der Waals surface area contributed by atoms with Gasteiger partial charge in [-0.05, 0) is 25.5 Å². The van der Waals surface area contributed by atoms with Crippen molar-refractivity contribution in [2.45, 2.75) is 25.9 Å². The molecule has 0 N–H and O–H groups in total. The van der Waals surface area contributed by atoms with Gasteiger partial charge in [0, 0.05) is 25.4 Å². The van der Waals surface area contributed by atoms with Crippen molar-refractivity contribution < 1.29 is 4.74 Å². The van der Waals surface area contributed by atoms with E-state index in [1.807, 2.05) is 12.3 Å². The number of pyridine rings is 1. The Morgan fingerprint density at radius 3 is 2.93 bits per heavy atom. The smallest absolute Gasteiger partial charge is 0.213 e. The first-order valence-corrected chi connectivity index (χ1v) is 5.58. The lowest BCUT2D eigenvalue weighted by atomic mass is 10.2. The van der Waals surface area contributed by atoms with Crippen LogP contribution in [0.3, 0.4) is 0 Å². The van der Waals surface area contributed by atoms with E-state index >= 15 is 0 Å². The summed E-state index contributed by atoms with van der Waals surface area (Å²) in [6.07, 6.45) is 4.34. The maximum absolute atomic E-state index is 5.79. The number of aromatic nitrogens is 1. The minimum atomic E-state index is 0.315. The van der Waals surface area contributed by atoms with Gasteiger partial charge in [-0.15, -0.1) is 0 Å². The molecule has 0 saturated carbocycles. The fourth-order valence-corrected chi connectivity index (χ4v) is 1.85. The SMILES string of the molecule is CCc1ccc(OC2CCN(C)C2)nc1. The first kappa shape index (κ1) is 10.4. The number of hydrogen-bond donors (Lipinski definition) is 0. The highest BCUT2D eigenvalue weighted by atomic mass is 16.5. The van der Waals surface area contributed by atoms with E-state index in [1.54, 1.807) is 0 Å². The second kappa shape index (κ2) is 4.62. The van der Waals surface area contributed by atoms with Gasteiger partial charge in [0.05, 0.1) is 0 Å². The average Bonchev–Trinajstić information content (AvgIpc) is 2.65. The standard InChI is InChI=1S/C12H18N2O/c1-3-10-4-5-12(13-8-10)15-11-6-7-14(2)9-11/h4-5,8,11H,3,6-7,9H2,1-2H3. The second-order valence-electron chi connectivity index (χ2n) is 4.15. The first-order chi connectivity index (χ1) is 7.28. The van der Waals surface area contributed by atoms with Crippen molar-refractivity contribution in [3.05, 3.63) is 23.9 Å². The van der Waals surface area contributed by atoms with Crippen LogP contribution in [-0.2, 0) is 6.42 Å². The molecule has 15 heavy (non-hydrogen) atoms. The third kappa shape index (κ3) is 2.69. The average molecular weight is 206 g/mol. The molecule has 1 aliphatic heterocycles. The van der Waals surface area contributed by atoms with E-state index in [-0.39, 0.29) is 0 Å². The lowest BCUT2D eigenvalue weighted by Gasteiger charge is -2.12. The molecular weight excluding hydrogens is 188 g/mol. The van der Waals surface area contributed by atoms with Gasteiger partial charge in [0.15, 0.2) is 0 Å². The number of ether oxygens (including phenoxy) is 1. The lowest BCUT2D eigenvalue weighted by Crippen LogP contribution is -2.21. The van der Waals surface area contributed by atoms with Gasteiger partial charge in [-0.2, -0.15) is 0 Å². The minimum Gasteiger partial charge on any atom is -0.473 e. The molecule has 1 unspecified atom stereocenters. The van der Waals surface area contributed by atoms with Crippen LogP contribution in [0.1, 0.15) is 18.9 Å². The van der Waals surface area contributed by atoms with Gasteiger partial charge < -0.3 is 9.64 Å². The van der Waals surface area contributed by atoms with Crippen LogP contribution in [0.4, 0.5) is 0 Å². The fraction of sp³-hybridized carbons (Fsp3) is 0.583. The summed E-state index contributed by atoms with van der Waals surface area (Å²) in [5.41, 5.74) is 1.26. The Morgan fingerprint density at radius 1 is 1.53 bits per heavy atom. The highest BCUT2D eigenvalue weighted by Gasteiger charge is 2.20. The van der Waals surface area contributed by atoms with E-state index in [2.05, 4.69) is 29.9 Å². The molecule has 1 aliphatic rings. The van der Waals surface area contributed by atoms with Gasteiger partial charge in [-0.3, -0.25) is 0 Å². The van der Waals surface area contributed by atoms with Gasteiger partial charge in [-0.1, -0.05) is 13.0 Å². The Hall–Kier alpha value is -1.09. The van der Waals surface area contributed by atoms with Crippen molar-refractivity contribution in [1.82, 2.24) is 9.88 Å². The highest BCUT2D eigenvalue weighted by Crippen LogP contribution is 2.15. The van der Waals surface area contributed by atoms with E-state index in [0.29, 0.717) is 6.10 Å². The summed E-state index contributed by atoms with van der Waals surface area (Å²) in [6.45, 7) is 4.26. The molecule has 0 amide bonds. The van der Waals surface area contributed by atoms with Gasteiger partial charge in [0.2, 0.25) is 5.88 Å². The van der Waals surface area contributed by atoms with Crippen molar-refractivity contribution in [2.75, 3.05) is 20.1 Å². The molecule has 1 aromatic heterocycles. The molecule has 1 atom stereocenters. The molecule has 1 aromatic rings. The molecule has 0 spiro atoms. The van der Waals surface area contributed by atoms with Crippen molar-refractivity contribution in [1.29, 1.82) is 0 Å². The molecule has 0 aromatic carbocycles. The summed E-state index contributed by atoms with van der Waals surface area (Å²) in [6, 6.07) is 4.05. The van der Waals surface area contributed by atoms with Crippen molar-refractivity contribution in [2.24, 2.45) is 0 Å². The van der Waals surface area contributed by atoms with E-state index in [9.17, 15) is 0 Å². The molecule has 0 bridgehead atoms. The molecule has 82 valence electrons. The monoisotopic (exact) mass is 206 g/mol. The van der Waals surface area contributed by atoms with Gasteiger partial charge in [0.1, 0.15) is 6.10 Å².